The fourth-order valence-electron chi connectivity index (χ4n) is 1.54. The Hall–Kier alpha value is -0.0400. The molecule has 3 N–H and O–H groups in total. The summed E-state index contributed by atoms with van der Waals surface area (Å²) in [5.74, 6) is 1.23. The minimum atomic E-state index is 0. The highest BCUT2D eigenvalue weighted by atomic mass is 127. The van der Waals surface area contributed by atoms with Crippen LogP contribution in [0.4, 0.5) is 0 Å². The number of aliphatic imine (C=N–C) groups is 1. The summed E-state index contributed by atoms with van der Waals surface area (Å²) in [6, 6.07) is 0.805. The molecule has 0 spiro atoms. The van der Waals surface area contributed by atoms with Crippen LogP contribution in [0.2, 0.25) is 0 Å². The molecule has 0 aromatic carbocycles. The molecule has 0 heterocycles. The number of likely N-dealkylation sites (N-methyl/N-ethyl adjacent to an activating group) is 1. The van der Waals surface area contributed by atoms with Crippen molar-refractivity contribution in [2.24, 2.45) is 16.6 Å². The van der Waals surface area contributed by atoms with E-state index in [1.54, 1.807) is 0 Å². The van der Waals surface area contributed by atoms with Crippen LogP contribution >= 0.6 is 24.0 Å². The van der Waals surface area contributed by atoms with E-state index in [2.05, 4.69) is 57.0 Å². The Morgan fingerprint density at radius 2 is 1.76 bits per heavy atom. The zero-order chi connectivity index (χ0) is 12.7. The van der Waals surface area contributed by atoms with Crippen molar-refractivity contribution in [1.82, 2.24) is 10.2 Å². The minimum Gasteiger partial charge on any atom is -0.370 e. The monoisotopic (exact) mass is 356 g/mol. The molecule has 0 fully saturated rings. The van der Waals surface area contributed by atoms with Crippen molar-refractivity contribution in [3.8, 4) is 0 Å². The van der Waals surface area contributed by atoms with Gasteiger partial charge in [0.1, 0.15) is 0 Å². The zero-order valence-corrected chi connectivity index (χ0v) is 14.4. The molecule has 0 radical (unpaired) electrons. The fourth-order valence-corrected chi connectivity index (χ4v) is 1.54. The molecule has 4 nitrogen and oxygen atoms in total. The quantitative estimate of drug-likeness (QED) is 0.434. The van der Waals surface area contributed by atoms with Crippen LogP contribution in [-0.4, -0.2) is 43.6 Å². The molecule has 17 heavy (non-hydrogen) atoms. The Balaban J connectivity index is 0. The summed E-state index contributed by atoms with van der Waals surface area (Å²) in [6.07, 6.45) is 1.14. The van der Waals surface area contributed by atoms with Gasteiger partial charge in [-0.05, 0) is 40.3 Å². The molecule has 0 saturated carbocycles. The molecule has 104 valence electrons. The molecule has 1 unspecified atom stereocenters. The van der Waals surface area contributed by atoms with E-state index >= 15 is 0 Å². The highest BCUT2D eigenvalue weighted by molar-refractivity contribution is 14.0. The van der Waals surface area contributed by atoms with Crippen molar-refractivity contribution in [1.29, 1.82) is 0 Å². The van der Waals surface area contributed by atoms with Crippen LogP contribution in [-0.2, 0) is 0 Å². The molecule has 0 aliphatic carbocycles. The molecule has 0 saturated heterocycles. The largest absolute Gasteiger partial charge is 0.370 e. The molecule has 0 bridgehead atoms. The van der Waals surface area contributed by atoms with Gasteiger partial charge in [-0.1, -0.05) is 13.8 Å². The Morgan fingerprint density at radius 3 is 2.12 bits per heavy atom. The Labute approximate surface area is 123 Å². The van der Waals surface area contributed by atoms with Gasteiger partial charge >= 0.3 is 0 Å². The van der Waals surface area contributed by atoms with Crippen LogP contribution in [0, 0.1) is 5.92 Å². The third-order valence-corrected chi connectivity index (χ3v) is 2.38. The Morgan fingerprint density at radius 1 is 1.24 bits per heavy atom. The second-order valence-corrected chi connectivity index (χ2v) is 5.27. The standard InChI is InChI=1S/C12H28N4.HI/c1-9(2)7-11(16(5)6)8-14-12(13)15-10(3)4;/h9-11H,7-8H2,1-6H3,(H3,13,14,15);1H. The first kappa shape index (κ1) is 19.3. The maximum Gasteiger partial charge on any atom is 0.188 e. The van der Waals surface area contributed by atoms with Crippen LogP contribution in [0.1, 0.15) is 34.1 Å². The van der Waals surface area contributed by atoms with Gasteiger partial charge < -0.3 is 16.0 Å². The van der Waals surface area contributed by atoms with Gasteiger partial charge in [0, 0.05) is 12.1 Å². The van der Waals surface area contributed by atoms with Gasteiger partial charge in [0.05, 0.1) is 6.54 Å². The van der Waals surface area contributed by atoms with Gasteiger partial charge in [0.25, 0.3) is 0 Å². The first-order chi connectivity index (χ1) is 7.32. The number of hydrogen-bond acceptors (Lipinski definition) is 2. The lowest BCUT2D eigenvalue weighted by Gasteiger charge is -2.24. The topological polar surface area (TPSA) is 53.6 Å². The van der Waals surface area contributed by atoms with E-state index in [1.165, 1.54) is 0 Å². The number of halogens is 1. The molecule has 0 rings (SSSR count). The van der Waals surface area contributed by atoms with Gasteiger partial charge in [0.2, 0.25) is 0 Å². The molecule has 0 aliphatic rings. The van der Waals surface area contributed by atoms with E-state index in [1.807, 2.05) is 0 Å². The lowest BCUT2D eigenvalue weighted by Crippen LogP contribution is -2.39. The number of nitrogens with two attached hydrogens (primary N) is 1. The number of guanidine groups is 1. The summed E-state index contributed by atoms with van der Waals surface area (Å²) < 4.78 is 0. The highest BCUT2D eigenvalue weighted by Crippen LogP contribution is 2.09. The lowest BCUT2D eigenvalue weighted by atomic mass is 10.0. The summed E-state index contributed by atoms with van der Waals surface area (Å²) in [5, 5.41) is 3.10. The third kappa shape index (κ3) is 10.8. The predicted molar refractivity (Wildman–Crippen MR) is 87.1 cm³/mol. The number of rotatable bonds is 6. The summed E-state index contributed by atoms with van der Waals surface area (Å²) in [4.78, 5) is 6.60. The van der Waals surface area contributed by atoms with E-state index in [-0.39, 0.29) is 24.0 Å². The van der Waals surface area contributed by atoms with E-state index in [0.29, 0.717) is 24.0 Å². The highest BCUT2D eigenvalue weighted by Gasteiger charge is 2.12. The lowest BCUT2D eigenvalue weighted by molar-refractivity contribution is 0.261. The SMILES string of the molecule is CC(C)CC(CN=C(N)NC(C)C)N(C)C.I. The minimum absolute atomic E-state index is 0. The smallest absolute Gasteiger partial charge is 0.188 e. The molecule has 5 heteroatoms. The summed E-state index contributed by atoms with van der Waals surface area (Å²) >= 11 is 0. The second kappa shape index (κ2) is 9.94. The summed E-state index contributed by atoms with van der Waals surface area (Å²) in [6.45, 7) is 9.34. The van der Waals surface area contributed by atoms with Crippen molar-refractivity contribution in [2.75, 3.05) is 20.6 Å². The van der Waals surface area contributed by atoms with Crippen LogP contribution < -0.4 is 11.1 Å². The van der Waals surface area contributed by atoms with Crippen molar-refractivity contribution >= 4 is 29.9 Å². The normalized spacial score (nSPS) is 14.1. The van der Waals surface area contributed by atoms with Crippen LogP contribution in [0.5, 0.6) is 0 Å². The Bertz CT molecular complexity index is 215. The van der Waals surface area contributed by atoms with Crippen molar-refractivity contribution < 1.29 is 0 Å². The molecule has 0 aromatic heterocycles. The molecule has 0 amide bonds. The van der Waals surface area contributed by atoms with E-state index in [0.717, 1.165) is 13.0 Å². The van der Waals surface area contributed by atoms with Gasteiger partial charge in [-0.2, -0.15) is 0 Å². The number of nitrogens with zero attached hydrogens (tertiary/aromatic N) is 2. The van der Waals surface area contributed by atoms with E-state index < -0.39 is 0 Å². The Kier molecular flexibility index (Phi) is 11.3. The van der Waals surface area contributed by atoms with Gasteiger partial charge in [0.15, 0.2) is 5.96 Å². The predicted octanol–water partition coefficient (Wildman–Crippen LogP) is 1.89. The third-order valence-electron chi connectivity index (χ3n) is 2.38. The van der Waals surface area contributed by atoms with Gasteiger partial charge in [-0.15, -0.1) is 24.0 Å². The average Bonchev–Trinajstić information content (AvgIpc) is 2.09. The molecular formula is C12H29IN4. The van der Waals surface area contributed by atoms with Crippen LogP contribution in [0.25, 0.3) is 0 Å². The molecule has 1 atom stereocenters. The maximum atomic E-state index is 5.77. The van der Waals surface area contributed by atoms with E-state index in [4.69, 9.17) is 5.73 Å². The number of nitrogens with one attached hydrogen (secondary N) is 1. The molecule has 0 aromatic rings. The zero-order valence-electron chi connectivity index (χ0n) is 12.0. The molecular weight excluding hydrogens is 327 g/mol. The van der Waals surface area contributed by atoms with Crippen LogP contribution in [0.15, 0.2) is 4.99 Å². The molecule has 0 aliphatic heterocycles. The first-order valence-corrected chi connectivity index (χ1v) is 6.05. The maximum absolute atomic E-state index is 5.77. The van der Waals surface area contributed by atoms with Crippen molar-refractivity contribution in [3.05, 3.63) is 0 Å². The van der Waals surface area contributed by atoms with Crippen LogP contribution in [0.3, 0.4) is 0 Å². The van der Waals surface area contributed by atoms with E-state index in [9.17, 15) is 0 Å². The fraction of sp³-hybridized carbons (Fsp3) is 0.917. The summed E-state index contributed by atoms with van der Waals surface area (Å²) in [5.41, 5.74) is 5.77. The van der Waals surface area contributed by atoms with Crippen molar-refractivity contribution in [2.45, 2.75) is 46.2 Å². The second-order valence-electron chi connectivity index (χ2n) is 5.27. The number of hydrogen-bond donors (Lipinski definition) is 2. The summed E-state index contributed by atoms with van der Waals surface area (Å²) in [7, 11) is 4.18. The van der Waals surface area contributed by atoms with Gasteiger partial charge in [-0.3, -0.25) is 4.99 Å². The van der Waals surface area contributed by atoms with Crippen molar-refractivity contribution in [3.63, 3.8) is 0 Å². The average molecular weight is 356 g/mol. The van der Waals surface area contributed by atoms with Gasteiger partial charge in [-0.25, -0.2) is 0 Å². The first-order valence-electron chi connectivity index (χ1n) is 6.05.